The third kappa shape index (κ3) is 1.59. The molecule has 0 saturated carbocycles. The zero-order chi connectivity index (χ0) is 13.1. The van der Waals surface area contributed by atoms with Crippen LogP contribution >= 0.6 is 12.2 Å². The summed E-state index contributed by atoms with van der Waals surface area (Å²) < 4.78 is 0. The molecule has 18 heavy (non-hydrogen) atoms. The van der Waals surface area contributed by atoms with Crippen molar-refractivity contribution in [3.63, 3.8) is 0 Å². The molecule has 0 radical (unpaired) electrons. The van der Waals surface area contributed by atoms with E-state index in [-0.39, 0.29) is 11.2 Å². The van der Waals surface area contributed by atoms with Crippen LogP contribution in [-0.4, -0.2) is 16.3 Å². The average Bonchev–Trinajstić information content (AvgIpc) is 2.45. The number of benzene rings is 1. The van der Waals surface area contributed by atoms with Gasteiger partial charge in [0.2, 0.25) is 0 Å². The molecule has 2 N–H and O–H groups in total. The fourth-order valence-corrected chi connectivity index (χ4v) is 3.84. The van der Waals surface area contributed by atoms with E-state index in [9.17, 15) is 0 Å². The smallest absolute Gasteiger partial charge is 0.175 e. The van der Waals surface area contributed by atoms with Crippen LogP contribution in [-0.2, 0) is 0 Å². The number of aryl methyl sites for hydroxylation is 1. The number of anilines is 2. The Labute approximate surface area is 114 Å². The SMILES string of the molecule is Cc1ccc2c(c1)NC1(C)CC(C)(C)NC(=S)N21. The van der Waals surface area contributed by atoms with Gasteiger partial charge in [-0.3, -0.25) is 4.90 Å². The molecule has 0 amide bonds. The Balaban J connectivity index is 2.10. The van der Waals surface area contributed by atoms with Crippen molar-refractivity contribution in [3.05, 3.63) is 23.8 Å². The zero-order valence-corrected chi connectivity index (χ0v) is 12.1. The molecule has 1 aromatic carbocycles. The summed E-state index contributed by atoms with van der Waals surface area (Å²) in [5.74, 6) is 0. The molecule has 2 aliphatic rings. The predicted octanol–water partition coefficient (Wildman–Crippen LogP) is 3.00. The second-order valence-corrected chi connectivity index (χ2v) is 6.63. The highest BCUT2D eigenvalue weighted by atomic mass is 32.1. The van der Waals surface area contributed by atoms with Crippen molar-refractivity contribution in [1.82, 2.24) is 5.32 Å². The lowest BCUT2D eigenvalue weighted by Gasteiger charge is -2.48. The Kier molecular flexibility index (Phi) is 2.21. The minimum atomic E-state index is -0.123. The van der Waals surface area contributed by atoms with Crippen LogP contribution in [0.1, 0.15) is 32.8 Å². The van der Waals surface area contributed by atoms with Crippen LogP contribution in [0.25, 0.3) is 0 Å². The first-order valence-electron chi connectivity index (χ1n) is 6.32. The minimum Gasteiger partial charge on any atom is -0.361 e. The molecule has 0 aliphatic carbocycles. The van der Waals surface area contributed by atoms with Crippen LogP contribution in [0.4, 0.5) is 11.4 Å². The number of nitrogens with zero attached hydrogens (tertiary/aromatic N) is 1. The molecule has 1 unspecified atom stereocenters. The van der Waals surface area contributed by atoms with Crippen LogP contribution in [0.3, 0.4) is 0 Å². The van der Waals surface area contributed by atoms with Gasteiger partial charge in [0, 0.05) is 12.0 Å². The summed E-state index contributed by atoms with van der Waals surface area (Å²) in [4.78, 5) is 2.21. The monoisotopic (exact) mass is 261 g/mol. The molecular weight excluding hydrogens is 242 g/mol. The molecule has 3 nitrogen and oxygen atoms in total. The van der Waals surface area contributed by atoms with Gasteiger partial charge in [-0.05, 0) is 57.6 Å². The van der Waals surface area contributed by atoms with Gasteiger partial charge >= 0.3 is 0 Å². The largest absolute Gasteiger partial charge is 0.361 e. The Morgan fingerprint density at radius 3 is 2.67 bits per heavy atom. The number of hydrogen-bond donors (Lipinski definition) is 2. The maximum absolute atomic E-state index is 5.55. The maximum Gasteiger partial charge on any atom is 0.175 e. The van der Waals surface area contributed by atoms with Gasteiger partial charge in [0.1, 0.15) is 5.66 Å². The standard InChI is InChI=1S/C14H19N3S/c1-9-5-6-11-10(7-9)15-14(4)8-13(2,3)16-12(18)17(11)14/h5-7,15H,8H2,1-4H3,(H,16,18). The Morgan fingerprint density at radius 2 is 1.94 bits per heavy atom. The third-order valence-corrected chi connectivity index (χ3v) is 4.01. The van der Waals surface area contributed by atoms with Crippen LogP contribution < -0.4 is 15.5 Å². The van der Waals surface area contributed by atoms with E-state index in [1.807, 2.05) is 0 Å². The molecule has 1 fully saturated rings. The highest BCUT2D eigenvalue weighted by Gasteiger charge is 2.49. The van der Waals surface area contributed by atoms with Crippen molar-refractivity contribution in [2.45, 2.75) is 45.3 Å². The van der Waals surface area contributed by atoms with Gasteiger partial charge in [-0.1, -0.05) is 6.07 Å². The molecular formula is C14H19N3S. The molecule has 4 heteroatoms. The summed E-state index contributed by atoms with van der Waals surface area (Å²) in [7, 11) is 0. The Bertz CT molecular complexity index is 538. The first-order chi connectivity index (χ1) is 8.31. The molecule has 1 aromatic rings. The summed E-state index contributed by atoms with van der Waals surface area (Å²) >= 11 is 5.55. The molecule has 3 rings (SSSR count). The van der Waals surface area contributed by atoms with E-state index < -0.39 is 0 Å². The summed E-state index contributed by atoms with van der Waals surface area (Å²) in [6.07, 6.45) is 0.994. The van der Waals surface area contributed by atoms with Crippen molar-refractivity contribution in [2.24, 2.45) is 0 Å². The fourth-order valence-electron chi connectivity index (χ4n) is 3.26. The summed E-state index contributed by atoms with van der Waals surface area (Å²) in [6.45, 7) is 8.72. The van der Waals surface area contributed by atoms with Gasteiger partial charge < -0.3 is 10.6 Å². The number of nitrogens with one attached hydrogen (secondary N) is 2. The van der Waals surface area contributed by atoms with Crippen molar-refractivity contribution in [2.75, 3.05) is 10.2 Å². The van der Waals surface area contributed by atoms with E-state index in [2.05, 4.69) is 61.4 Å². The van der Waals surface area contributed by atoms with Crippen molar-refractivity contribution in [3.8, 4) is 0 Å². The van der Waals surface area contributed by atoms with E-state index in [0.717, 1.165) is 11.5 Å². The van der Waals surface area contributed by atoms with Crippen molar-refractivity contribution >= 4 is 28.7 Å². The van der Waals surface area contributed by atoms with Crippen LogP contribution in [0.5, 0.6) is 0 Å². The summed E-state index contributed by atoms with van der Waals surface area (Å²) in [5, 5.41) is 7.87. The summed E-state index contributed by atoms with van der Waals surface area (Å²) in [5.41, 5.74) is 3.52. The molecule has 2 heterocycles. The molecule has 96 valence electrons. The summed E-state index contributed by atoms with van der Waals surface area (Å²) in [6, 6.07) is 6.47. The quantitative estimate of drug-likeness (QED) is 0.702. The topological polar surface area (TPSA) is 27.3 Å². The van der Waals surface area contributed by atoms with Gasteiger partial charge in [-0.2, -0.15) is 0 Å². The van der Waals surface area contributed by atoms with Crippen LogP contribution in [0.2, 0.25) is 0 Å². The predicted molar refractivity (Wildman–Crippen MR) is 80.1 cm³/mol. The number of fused-ring (bicyclic) bond motifs is 3. The lowest BCUT2D eigenvalue weighted by atomic mass is 9.89. The molecule has 1 saturated heterocycles. The van der Waals surface area contributed by atoms with Crippen LogP contribution in [0.15, 0.2) is 18.2 Å². The first-order valence-corrected chi connectivity index (χ1v) is 6.73. The number of rotatable bonds is 0. The Morgan fingerprint density at radius 1 is 1.22 bits per heavy atom. The van der Waals surface area contributed by atoms with Crippen molar-refractivity contribution < 1.29 is 0 Å². The molecule has 0 spiro atoms. The fraction of sp³-hybridized carbons (Fsp3) is 0.500. The average molecular weight is 261 g/mol. The number of thiocarbonyl (C=S) groups is 1. The number of hydrogen-bond acceptors (Lipinski definition) is 2. The van der Waals surface area contributed by atoms with Gasteiger partial charge in [-0.25, -0.2) is 0 Å². The molecule has 0 aromatic heterocycles. The van der Waals surface area contributed by atoms with E-state index >= 15 is 0 Å². The van der Waals surface area contributed by atoms with E-state index in [1.54, 1.807) is 0 Å². The van der Waals surface area contributed by atoms with Gasteiger partial charge in [0.25, 0.3) is 0 Å². The van der Waals surface area contributed by atoms with Gasteiger partial charge in [0.05, 0.1) is 11.4 Å². The molecule has 1 atom stereocenters. The zero-order valence-electron chi connectivity index (χ0n) is 11.3. The molecule has 2 aliphatic heterocycles. The second kappa shape index (κ2) is 3.38. The lowest BCUT2D eigenvalue weighted by Crippen LogP contribution is -2.67. The molecule has 0 bridgehead atoms. The van der Waals surface area contributed by atoms with E-state index in [4.69, 9.17) is 12.2 Å². The minimum absolute atomic E-state index is 0.0203. The van der Waals surface area contributed by atoms with E-state index in [0.29, 0.717) is 0 Å². The normalized spacial score (nSPS) is 28.2. The van der Waals surface area contributed by atoms with Crippen LogP contribution in [0, 0.1) is 6.92 Å². The maximum atomic E-state index is 5.55. The Hall–Kier alpha value is -1.29. The third-order valence-electron chi connectivity index (χ3n) is 3.73. The van der Waals surface area contributed by atoms with E-state index in [1.165, 1.54) is 16.9 Å². The second-order valence-electron chi connectivity index (χ2n) is 6.25. The first kappa shape index (κ1) is 11.8. The van der Waals surface area contributed by atoms with Gasteiger partial charge in [0.15, 0.2) is 5.11 Å². The lowest BCUT2D eigenvalue weighted by molar-refractivity contribution is 0.310. The highest BCUT2D eigenvalue weighted by molar-refractivity contribution is 7.80. The van der Waals surface area contributed by atoms with Gasteiger partial charge in [-0.15, -0.1) is 0 Å². The van der Waals surface area contributed by atoms with Crippen molar-refractivity contribution in [1.29, 1.82) is 0 Å². The highest BCUT2D eigenvalue weighted by Crippen LogP contribution is 2.45.